The van der Waals surface area contributed by atoms with Crippen molar-refractivity contribution in [2.75, 3.05) is 0 Å². The number of amides is 2. The third-order valence-electron chi connectivity index (χ3n) is 7.18. The molecule has 2 rings (SSSR count). The molecule has 34 heavy (non-hydrogen) atoms. The number of aliphatic carboxylic acids is 1. The minimum absolute atomic E-state index is 0.241. The molecule has 194 valence electrons. The number of carboxylic acids is 1. The van der Waals surface area contributed by atoms with Crippen LogP contribution in [0.3, 0.4) is 0 Å². The first-order valence-corrected chi connectivity index (χ1v) is 12.4. The number of hydrogen-bond acceptors (Lipinski definition) is 6. The fourth-order valence-electron chi connectivity index (χ4n) is 4.51. The van der Waals surface area contributed by atoms with Crippen molar-refractivity contribution in [3.8, 4) is 0 Å². The Hall–Kier alpha value is -1.81. The zero-order valence-corrected chi connectivity index (χ0v) is 22.1. The van der Waals surface area contributed by atoms with Crippen LogP contribution in [0.25, 0.3) is 0 Å². The van der Waals surface area contributed by atoms with Gasteiger partial charge in [0.15, 0.2) is 0 Å². The van der Waals surface area contributed by atoms with Crippen LogP contribution in [-0.4, -0.2) is 59.1 Å². The number of unbranched alkanes of at least 4 members (excludes halogenated alkanes) is 1. The smallest absolute Gasteiger partial charge is 0.457 e. The molecule has 0 aromatic carbocycles. The van der Waals surface area contributed by atoms with Gasteiger partial charge in [0.05, 0.1) is 16.6 Å². The van der Waals surface area contributed by atoms with Gasteiger partial charge >= 0.3 is 19.2 Å². The van der Waals surface area contributed by atoms with E-state index in [9.17, 15) is 19.5 Å². The Bertz CT molecular complexity index is 749. The normalized spacial score (nSPS) is 26.7. The lowest BCUT2D eigenvalue weighted by atomic mass is 9.77. The Morgan fingerprint density at radius 2 is 1.71 bits per heavy atom. The number of nitrogens with one attached hydrogen (secondary N) is 2. The topological polar surface area (TPSA) is 123 Å². The molecular formula is C24H43BN2O7. The highest BCUT2D eigenvalue weighted by Gasteiger charge is 2.51. The lowest BCUT2D eigenvalue weighted by Crippen LogP contribution is -2.49. The first-order valence-electron chi connectivity index (χ1n) is 12.4. The summed E-state index contributed by atoms with van der Waals surface area (Å²) in [5.41, 5.74) is -2.25. The molecule has 9 nitrogen and oxygen atoms in total. The van der Waals surface area contributed by atoms with Crippen molar-refractivity contribution in [1.29, 1.82) is 0 Å². The van der Waals surface area contributed by atoms with E-state index >= 15 is 0 Å². The maximum atomic E-state index is 12.5. The molecule has 1 heterocycles. The molecule has 10 heteroatoms. The van der Waals surface area contributed by atoms with E-state index in [1.807, 2.05) is 27.7 Å². The molecule has 1 aliphatic carbocycles. The first kappa shape index (κ1) is 28.4. The van der Waals surface area contributed by atoms with Crippen molar-refractivity contribution < 1.29 is 33.5 Å². The van der Waals surface area contributed by atoms with E-state index < -0.39 is 29.1 Å². The molecule has 2 amide bonds. The first-order chi connectivity index (χ1) is 15.5. The molecule has 2 aliphatic rings. The highest BCUT2D eigenvalue weighted by molar-refractivity contribution is 6.45. The Balaban J connectivity index is 1.80. The summed E-state index contributed by atoms with van der Waals surface area (Å²) in [5.74, 6) is -1.17. The molecule has 1 aliphatic heterocycles. The van der Waals surface area contributed by atoms with E-state index in [-0.39, 0.29) is 30.3 Å². The van der Waals surface area contributed by atoms with Gasteiger partial charge < -0.3 is 29.8 Å². The van der Waals surface area contributed by atoms with Gasteiger partial charge in [0, 0.05) is 6.04 Å². The average Bonchev–Trinajstić information content (AvgIpc) is 3.15. The van der Waals surface area contributed by atoms with Crippen molar-refractivity contribution >= 4 is 25.1 Å². The van der Waals surface area contributed by atoms with Crippen LogP contribution >= 0.6 is 0 Å². The molecule has 0 radical (unpaired) electrons. The number of rotatable bonds is 9. The minimum Gasteiger partial charge on any atom is -0.481 e. The molecule has 0 aromatic rings. The Labute approximate surface area is 204 Å². The summed E-state index contributed by atoms with van der Waals surface area (Å²) in [7, 11) is -0.277. The van der Waals surface area contributed by atoms with E-state index in [1.165, 1.54) is 0 Å². The Kier molecular flexibility index (Phi) is 8.73. The Morgan fingerprint density at radius 1 is 1.12 bits per heavy atom. The molecule has 0 unspecified atom stereocenters. The van der Waals surface area contributed by atoms with E-state index in [0.717, 1.165) is 19.2 Å². The van der Waals surface area contributed by atoms with Crippen LogP contribution < -0.4 is 10.6 Å². The van der Waals surface area contributed by atoms with Crippen molar-refractivity contribution in [2.45, 2.75) is 129 Å². The molecule has 1 saturated heterocycles. The second-order valence-electron chi connectivity index (χ2n) is 11.8. The van der Waals surface area contributed by atoms with Crippen LogP contribution in [0.1, 0.15) is 93.9 Å². The van der Waals surface area contributed by atoms with Crippen LogP contribution in [0.2, 0.25) is 6.32 Å². The second kappa shape index (κ2) is 10.4. The van der Waals surface area contributed by atoms with Crippen molar-refractivity contribution in [3.63, 3.8) is 0 Å². The summed E-state index contributed by atoms with van der Waals surface area (Å²) in [6, 6.07) is -1.02. The van der Waals surface area contributed by atoms with Crippen molar-refractivity contribution in [2.24, 2.45) is 5.41 Å². The summed E-state index contributed by atoms with van der Waals surface area (Å²) >= 11 is 0. The predicted octanol–water partition coefficient (Wildman–Crippen LogP) is 3.90. The summed E-state index contributed by atoms with van der Waals surface area (Å²) in [6.45, 7) is 14.9. The average molecular weight is 482 g/mol. The lowest BCUT2D eigenvalue weighted by Gasteiger charge is -2.32. The van der Waals surface area contributed by atoms with Gasteiger partial charge in [-0.3, -0.25) is 9.59 Å². The molecule has 0 aromatic heterocycles. The van der Waals surface area contributed by atoms with Gasteiger partial charge in [-0.05, 0) is 87.4 Å². The van der Waals surface area contributed by atoms with Crippen LogP contribution in [0, 0.1) is 5.41 Å². The largest absolute Gasteiger partial charge is 0.481 e. The fourth-order valence-corrected chi connectivity index (χ4v) is 4.51. The standard InChI is InChI=1S/C24H43BN2O7/c1-16(26-20(31)32-21(2,3)4)18(28)27-17-11-13-24(15-17,19(29)30)12-9-10-14-25-33-22(5,6)23(7,8)34-25/h16-17H,9-15H2,1-8H3,(H,26,31)(H,27,28)(H,29,30)/t16-,17-,24+/m0/s1. The zero-order chi connectivity index (χ0) is 25.9. The summed E-state index contributed by atoms with van der Waals surface area (Å²) in [4.78, 5) is 36.6. The van der Waals surface area contributed by atoms with E-state index in [4.69, 9.17) is 14.0 Å². The number of ether oxygens (including phenoxy) is 1. The fraction of sp³-hybridized carbons (Fsp3) is 0.875. The molecule has 0 spiro atoms. The monoisotopic (exact) mass is 482 g/mol. The number of carbonyl (C=O) groups is 3. The quantitative estimate of drug-likeness (QED) is 0.336. The number of carboxylic acid groups (broad SMARTS) is 1. The minimum atomic E-state index is -0.851. The third-order valence-corrected chi connectivity index (χ3v) is 7.18. The van der Waals surface area contributed by atoms with Crippen LogP contribution in [-0.2, 0) is 23.6 Å². The second-order valence-corrected chi connectivity index (χ2v) is 11.8. The van der Waals surface area contributed by atoms with Gasteiger partial charge in [0.1, 0.15) is 11.6 Å². The maximum Gasteiger partial charge on any atom is 0.457 e. The molecule has 3 N–H and O–H groups in total. The van der Waals surface area contributed by atoms with Crippen molar-refractivity contribution in [1.82, 2.24) is 10.6 Å². The Morgan fingerprint density at radius 3 is 2.24 bits per heavy atom. The van der Waals surface area contributed by atoms with Gasteiger partial charge in [0.2, 0.25) is 5.91 Å². The molecule has 3 atom stereocenters. The number of carbonyl (C=O) groups excluding carboxylic acids is 2. The zero-order valence-electron chi connectivity index (χ0n) is 22.1. The van der Waals surface area contributed by atoms with Crippen LogP contribution in [0.15, 0.2) is 0 Å². The third kappa shape index (κ3) is 7.34. The van der Waals surface area contributed by atoms with Gasteiger partial charge in [-0.15, -0.1) is 0 Å². The lowest BCUT2D eigenvalue weighted by molar-refractivity contribution is -0.149. The summed E-state index contributed by atoms with van der Waals surface area (Å²) in [6.07, 6.45) is 3.63. The number of alkyl carbamates (subject to hydrolysis) is 1. The van der Waals surface area contributed by atoms with Gasteiger partial charge in [-0.2, -0.15) is 0 Å². The van der Waals surface area contributed by atoms with Gasteiger partial charge in [-0.25, -0.2) is 4.79 Å². The van der Waals surface area contributed by atoms with Gasteiger partial charge in [0.25, 0.3) is 0 Å². The van der Waals surface area contributed by atoms with Crippen LogP contribution in [0.4, 0.5) is 4.79 Å². The predicted molar refractivity (Wildman–Crippen MR) is 129 cm³/mol. The van der Waals surface area contributed by atoms with Crippen molar-refractivity contribution in [3.05, 3.63) is 0 Å². The number of hydrogen-bond donors (Lipinski definition) is 3. The molecule has 1 saturated carbocycles. The molecule has 0 bridgehead atoms. The molecule has 2 fully saturated rings. The van der Waals surface area contributed by atoms with E-state index in [2.05, 4.69) is 10.6 Å². The van der Waals surface area contributed by atoms with Crippen LogP contribution in [0.5, 0.6) is 0 Å². The summed E-state index contributed by atoms with van der Waals surface area (Å²) < 4.78 is 17.2. The summed E-state index contributed by atoms with van der Waals surface area (Å²) in [5, 5.41) is 15.4. The van der Waals surface area contributed by atoms with E-state index in [0.29, 0.717) is 25.7 Å². The van der Waals surface area contributed by atoms with E-state index in [1.54, 1.807) is 27.7 Å². The highest BCUT2D eigenvalue weighted by Crippen LogP contribution is 2.43. The highest BCUT2D eigenvalue weighted by atomic mass is 16.7. The molecular weight excluding hydrogens is 439 g/mol. The van der Waals surface area contributed by atoms with Gasteiger partial charge in [-0.1, -0.05) is 12.8 Å². The maximum absolute atomic E-state index is 12.5. The SMILES string of the molecule is C[C@H](NC(=O)OC(C)(C)C)C(=O)N[C@H]1CC[C@@](CCCCB2OC(C)(C)C(C)(C)O2)(C(=O)O)C1.